The Morgan fingerprint density at radius 2 is 0.878 bits per heavy atom. The number of carbonyl (C=O) groups is 2. The third kappa shape index (κ3) is 31.5. The number of amides is 1. The molecule has 1 amide bonds. The van der Waals surface area contributed by atoms with E-state index in [1.54, 1.807) is 12.1 Å². The maximum absolute atomic E-state index is 14.0. The number of hydrogen-bond acceptors (Lipinski definition) is 12. The minimum atomic E-state index is -5.00. The Bertz CT molecular complexity index is 5400. The van der Waals surface area contributed by atoms with Crippen molar-refractivity contribution < 1.29 is 154 Å². The van der Waals surface area contributed by atoms with Crippen molar-refractivity contribution in [3.8, 4) is 22.9 Å². The van der Waals surface area contributed by atoms with Crippen molar-refractivity contribution >= 4 is 160 Å². The second-order valence-electron chi connectivity index (χ2n) is 24.5. The molecule has 0 saturated heterocycles. The number of aromatic nitrogens is 2. The molecule has 0 unspecified atom stereocenters. The predicted molar refractivity (Wildman–Crippen MR) is 425 cm³/mol. The van der Waals surface area contributed by atoms with Crippen molar-refractivity contribution in [2.75, 3.05) is 28.8 Å². The monoisotopic (exact) mass is 2120 g/mol. The van der Waals surface area contributed by atoms with Gasteiger partial charge in [-0.25, -0.2) is 23.1 Å². The summed E-state index contributed by atoms with van der Waals surface area (Å²) in [6.45, 7) is 1.96. The number of aryl methyl sites for hydroxylation is 1. The Kier molecular flexibility index (Phi) is 37.7. The van der Waals surface area contributed by atoms with Crippen molar-refractivity contribution in [3.05, 3.63) is 261 Å². The van der Waals surface area contributed by atoms with Crippen LogP contribution in [0, 0.1) is 24.4 Å². The summed E-state index contributed by atoms with van der Waals surface area (Å²) in [6.07, 6.45) is -33.9. The minimum absolute atomic E-state index is 0.0247. The number of benzene rings is 9. The van der Waals surface area contributed by atoms with E-state index in [0.29, 0.717) is 41.5 Å². The van der Waals surface area contributed by atoms with Crippen LogP contribution in [0.4, 0.5) is 140 Å². The fraction of sp³-hybridized carbons (Fsp3) is 0.227. The molecule has 12 nitrogen and oxygen atoms in total. The number of carbonyl (C=O) groups excluding carboxylic acids is 2. The summed E-state index contributed by atoms with van der Waals surface area (Å²) in [6, 6.07) is 29.9. The Morgan fingerprint density at radius 3 is 1.23 bits per heavy atom. The molecular formula is C75H54B2Br3ClF28IN6O6S. The Hall–Kier alpha value is -8.64. The quantitative estimate of drug-likeness (QED) is 0.0169. The van der Waals surface area contributed by atoms with Gasteiger partial charge in [0.25, 0.3) is 11.1 Å². The van der Waals surface area contributed by atoms with E-state index < -0.39 is 164 Å². The normalized spacial score (nSPS) is 12.8. The molecule has 7 N–H and O–H groups in total. The van der Waals surface area contributed by atoms with Crippen LogP contribution in [0.2, 0.25) is 5.82 Å². The summed E-state index contributed by atoms with van der Waals surface area (Å²) in [5.74, 6) is -5.88. The van der Waals surface area contributed by atoms with Gasteiger partial charge in [-0.3, -0.25) is 14.0 Å². The number of nitrogens with two attached hydrogens (primary N) is 2. The van der Waals surface area contributed by atoms with Crippen LogP contribution in [0.1, 0.15) is 111 Å². The molecule has 2 aromatic heterocycles. The van der Waals surface area contributed by atoms with Crippen molar-refractivity contribution in [3.63, 3.8) is 0 Å². The molecule has 0 atom stereocenters. The molecular weight excluding hydrogens is 2070 g/mol. The van der Waals surface area contributed by atoms with Crippen LogP contribution in [0.5, 0.6) is 0 Å². The van der Waals surface area contributed by atoms with Crippen LogP contribution in [0.3, 0.4) is 0 Å². The van der Waals surface area contributed by atoms with Crippen LogP contribution in [-0.2, 0) is 49.4 Å². The topological polar surface area (TPSA) is 203 Å². The van der Waals surface area contributed by atoms with E-state index in [1.807, 2.05) is 47.0 Å². The van der Waals surface area contributed by atoms with Gasteiger partial charge in [-0.1, -0.05) is 113 Å². The first kappa shape index (κ1) is 103. The fourth-order valence-corrected chi connectivity index (χ4v) is 11.4. The van der Waals surface area contributed by atoms with Crippen LogP contribution >= 0.6 is 94.8 Å². The summed E-state index contributed by atoms with van der Waals surface area (Å²) in [7, 11) is 2.30. The molecule has 0 spiro atoms. The van der Waals surface area contributed by atoms with E-state index in [9.17, 15) is 133 Å². The number of thiol groups is 1. The van der Waals surface area contributed by atoms with E-state index in [4.69, 9.17) is 44.7 Å². The average molecular weight is 2130 g/mol. The molecule has 0 aliphatic heterocycles. The average Bonchev–Trinajstić information content (AvgIpc) is 1.72. The molecule has 2 aliphatic rings. The zero-order valence-electron chi connectivity index (χ0n) is 63.1. The van der Waals surface area contributed by atoms with Gasteiger partial charge >= 0.3 is 81.3 Å². The number of nitrogens with zero attached hydrogens (tertiary/aromatic N) is 3. The number of hydrogen-bond donors (Lipinski definition) is 6. The second-order valence-corrected chi connectivity index (χ2v) is 27.6. The van der Waals surface area contributed by atoms with Crippen LogP contribution in [0.25, 0.3) is 45.1 Å². The van der Waals surface area contributed by atoms with Crippen molar-refractivity contribution in [1.82, 2.24) is 9.97 Å². The van der Waals surface area contributed by atoms with Crippen molar-refractivity contribution in [2.24, 2.45) is 4.30 Å². The number of rotatable bonds is 7. The van der Waals surface area contributed by atoms with Gasteiger partial charge in [0.15, 0.2) is 28.6 Å². The Balaban J connectivity index is 0.000000312. The molecule has 2 aliphatic carbocycles. The number of nitrogen functional groups attached to an aromatic ring is 2. The second kappa shape index (κ2) is 45.0. The molecule has 2 fully saturated rings. The Morgan fingerprint density at radius 1 is 0.520 bits per heavy atom. The molecule has 2 saturated carbocycles. The van der Waals surface area contributed by atoms with E-state index in [2.05, 4.69) is 82.5 Å². The summed E-state index contributed by atoms with van der Waals surface area (Å²) < 4.78 is 377. The van der Waals surface area contributed by atoms with Gasteiger partial charge in [0, 0.05) is 37.0 Å². The first-order valence-corrected chi connectivity index (χ1v) is 37.7. The Labute approximate surface area is 730 Å². The van der Waals surface area contributed by atoms with Crippen LogP contribution in [0.15, 0.2) is 190 Å². The number of nitrogens with one attached hydrogen (secondary N) is 1. The molecule has 48 heteroatoms. The van der Waals surface area contributed by atoms with Crippen molar-refractivity contribution in [2.45, 2.75) is 93.8 Å². The molecule has 11 aromatic rings. The van der Waals surface area contributed by atoms with Crippen LogP contribution in [-0.4, -0.2) is 58.0 Å². The van der Waals surface area contributed by atoms with Gasteiger partial charge in [-0.2, -0.15) is 105 Å². The number of oxazole rings is 2. The van der Waals surface area contributed by atoms with E-state index in [1.165, 1.54) is 24.3 Å². The molecule has 663 valence electrons. The summed E-state index contributed by atoms with van der Waals surface area (Å²) in [5, 5.41) is 18.0. The fourth-order valence-electron chi connectivity index (χ4n) is 9.71. The van der Waals surface area contributed by atoms with Gasteiger partial charge < -0.3 is 35.7 Å². The zero-order chi connectivity index (χ0) is 95.2. The summed E-state index contributed by atoms with van der Waals surface area (Å²) in [4.78, 5) is 30.9. The van der Waals surface area contributed by atoms with Gasteiger partial charge in [0.05, 0.1) is 47.8 Å². The summed E-state index contributed by atoms with van der Waals surface area (Å²) >= 11 is 18.4. The standard InChI is InChI=1S/C18H11F6NO.C15H7BrF7NO.C15H6BrF6NO.C8H7ClO.C7H4BrF4N.C7H5F4N.C3H7BO2.CH3F.CH3I.BHNS/c19-17(20,21)11-5-3-10(4-6-11)16-25-13-8-7-12(9-1-2-9)14(15(13)26-16)18(22,23)24;16-9-5-6-10(12(17)11(9)15(21,22)23)24-13(25)7-1-3-8(4-2-7)14(18,19)20;16-9-5-6-10-12(11(9)15(20,21)22)24-13(23-10)7-1-3-8(4-2-7)14(17,18)19;1-6-2-4-7(5-3-6)8(9)10;8-3-1-2-4(13)6(9)5(3)7(10,11)12;8-6-4(7(9,10)11)2-1-3-5(6)12;5-4(6)3-1-2-3;2*1-2;1-2-3/h3-9H,1-2H2;1-6H,(H,24,25);1-6H;2-5H,1H3;1-2H,13H2;1-3H,12H2;3,5-6H,1-2H2;2*1H3;3H/i;;;;;;;2*1D;. The van der Waals surface area contributed by atoms with E-state index in [0.717, 1.165) is 115 Å². The zero-order valence-corrected chi connectivity index (χ0v) is 69.7. The van der Waals surface area contributed by atoms with Gasteiger partial charge in [-0.15, -0.1) is 0 Å². The molecule has 1 radical (unpaired) electrons. The van der Waals surface area contributed by atoms with Gasteiger partial charge in [-0.05, 0) is 193 Å². The molecule has 0 bridgehead atoms. The molecule has 13 rings (SSSR count). The third-order valence-electron chi connectivity index (χ3n) is 15.8. The van der Waals surface area contributed by atoms with E-state index in [-0.39, 0.29) is 71.3 Å². The van der Waals surface area contributed by atoms with Gasteiger partial charge in [0.2, 0.25) is 11.8 Å². The number of alkyl halides is 26. The third-order valence-corrected chi connectivity index (χ3v) is 18.0. The first-order chi connectivity index (χ1) is 57.6. The SMILES string of the molecule is Cc1ccc(C(=O)Cl)cc1.FC(F)(F)c1ccc(-c2nc3ccc(Br)c(C(F)(F)F)c3o2)cc1.FC(F)(F)c1ccc(-c2nc3ccc(C4CC4)c(C(F)(F)F)c3o2)cc1.Nc1ccc(Br)c(C(F)(F)F)c1F.Nc1cccc(C(F)(F)F)c1F.O=C(Nc1ccc(Br)c(C(F)(F)F)c1F)c1ccc(C(F)(F)F)cc1.OB(O)C1CC1.[2H]CF.[2H]CI.[B]=NS. The maximum atomic E-state index is 14.0. The molecule has 9 aromatic carbocycles. The van der Waals surface area contributed by atoms with Gasteiger partial charge in [0.1, 0.15) is 33.3 Å². The van der Waals surface area contributed by atoms with Crippen LogP contribution < -0.4 is 16.8 Å². The van der Waals surface area contributed by atoms with E-state index >= 15 is 0 Å². The summed E-state index contributed by atoms with van der Waals surface area (Å²) in [5.41, 5.74) is 0.297. The van der Waals surface area contributed by atoms with Crippen molar-refractivity contribution in [1.29, 1.82) is 0 Å². The first-order valence-electron chi connectivity index (χ1n) is 34.4. The number of anilines is 3. The molecule has 123 heavy (non-hydrogen) atoms. The number of fused-ring (bicyclic) bond motifs is 2. The predicted octanol–water partition coefficient (Wildman–Crippen LogP) is 28.0. The number of halogens is 33. The molecule has 2 heterocycles.